The molecule has 0 unspecified atom stereocenters. The van der Waals surface area contributed by atoms with Crippen LogP contribution in [0.25, 0.3) is 17.4 Å². The fourth-order valence-electron chi connectivity index (χ4n) is 2.52. The molecule has 0 fully saturated rings. The van der Waals surface area contributed by atoms with Crippen molar-refractivity contribution in [3.63, 3.8) is 0 Å². The standard InChI is InChI=1S/C20H14Cl2N2O5/c1-28-19-11-15(24(26)27)2-5-17(19)23-20(25)7-4-16-3-6-18(29-16)12-8-13(21)10-14(22)9-12/h2-11H,1H3,(H,23,25)/b7-4+. The number of ether oxygens (including phenoxy) is 1. The zero-order valence-electron chi connectivity index (χ0n) is 15.0. The van der Waals surface area contributed by atoms with Gasteiger partial charge in [0.2, 0.25) is 5.91 Å². The first kappa shape index (κ1) is 20.4. The van der Waals surface area contributed by atoms with Crippen LogP contribution in [0.5, 0.6) is 5.75 Å². The van der Waals surface area contributed by atoms with Gasteiger partial charge in [0.1, 0.15) is 17.3 Å². The molecule has 1 N–H and O–H groups in total. The summed E-state index contributed by atoms with van der Waals surface area (Å²) in [4.78, 5) is 22.5. The molecular formula is C20H14Cl2N2O5. The third kappa shape index (κ3) is 5.16. The Balaban J connectivity index is 1.72. The van der Waals surface area contributed by atoms with Crippen molar-refractivity contribution >= 4 is 46.6 Å². The van der Waals surface area contributed by atoms with E-state index in [9.17, 15) is 14.9 Å². The van der Waals surface area contributed by atoms with Gasteiger partial charge in [0.15, 0.2) is 0 Å². The van der Waals surface area contributed by atoms with Crippen molar-refractivity contribution in [3.8, 4) is 17.1 Å². The van der Waals surface area contributed by atoms with Crippen molar-refractivity contribution in [2.45, 2.75) is 0 Å². The van der Waals surface area contributed by atoms with Crippen LogP contribution in [-0.2, 0) is 4.79 Å². The van der Waals surface area contributed by atoms with Gasteiger partial charge in [-0.15, -0.1) is 0 Å². The number of methoxy groups -OCH3 is 1. The first-order valence-corrected chi connectivity index (χ1v) is 8.99. The number of nitro groups is 1. The summed E-state index contributed by atoms with van der Waals surface area (Å²) in [7, 11) is 1.36. The average molecular weight is 433 g/mol. The molecule has 2 aromatic carbocycles. The van der Waals surface area contributed by atoms with E-state index in [1.807, 2.05) is 0 Å². The summed E-state index contributed by atoms with van der Waals surface area (Å²) in [5.41, 5.74) is 0.878. The molecule has 0 aliphatic carbocycles. The number of nitrogens with zero attached hydrogens (tertiary/aromatic N) is 1. The Kier molecular flexibility index (Phi) is 6.21. The molecule has 0 atom stereocenters. The molecule has 0 aliphatic rings. The van der Waals surface area contributed by atoms with Crippen LogP contribution < -0.4 is 10.1 Å². The number of hydrogen-bond donors (Lipinski definition) is 1. The van der Waals surface area contributed by atoms with Crippen molar-refractivity contribution in [3.05, 3.63) is 80.5 Å². The number of nitro benzene ring substituents is 1. The molecule has 3 rings (SSSR count). The highest BCUT2D eigenvalue weighted by Crippen LogP contribution is 2.30. The Morgan fingerprint density at radius 3 is 2.52 bits per heavy atom. The van der Waals surface area contributed by atoms with Gasteiger partial charge in [-0.25, -0.2) is 0 Å². The van der Waals surface area contributed by atoms with Gasteiger partial charge in [-0.3, -0.25) is 14.9 Å². The largest absolute Gasteiger partial charge is 0.494 e. The second-order valence-corrected chi connectivity index (χ2v) is 6.70. The lowest BCUT2D eigenvalue weighted by Gasteiger charge is -2.08. The van der Waals surface area contributed by atoms with E-state index in [2.05, 4.69) is 5.32 Å². The molecule has 9 heteroatoms. The minimum absolute atomic E-state index is 0.139. The minimum Gasteiger partial charge on any atom is -0.494 e. The Hall–Kier alpha value is -3.29. The van der Waals surface area contributed by atoms with E-state index in [4.69, 9.17) is 32.4 Å². The lowest BCUT2D eigenvalue weighted by Crippen LogP contribution is -2.09. The molecule has 0 saturated carbocycles. The molecule has 1 heterocycles. The van der Waals surface area contributed by atoms with Crippen LogP contribution >= 0.6 is 23.2 Å². The summed E-state index contributed by atoms with van der Waals surface area (Å²) < 4.78 is 10.8. The van der Waals surface area contributed by atoms with Crippen LogP contribution in [0.1, 0.15) is 5.76 Å². The van der Waals surface area contributed by atoms with E-state index in [1.165, 1.54) is 37.5 Å². The Bertz CT molecular complexity index is 1090. The van der Waals surface area contributed by atoms with Crippen LogP contribution in [0.2, 0.25) is 10.0 Å². The molecule has 148 valence electrons. The molecule has 7 nitrogen and oxygen atoms in total. The predicted molar refractivity (Wildman–Crippen MR) is 111 cm³/mol. The van der Waals surface area contributed by atoms with Gasteiger partial charge in [0.25, 0.3) is 5.69 Å². The third-order valence-electron chi connectivity index (χ3n) is 3.83. The highest BCUT2D eigenvalue weighted by atomic mass is 35.5. The van der Waals surface area contributed by atoms with E-state index >= 15 is 0 Å². The predicted octanol–water partition coefficient (Wildman–Crippen LogP) is 5.82. The van der Waals surface area contributed by atoms with E-state index in [0.29, 0.717) is 32.8 Å². The van der Waals surface area contributed by atoms with Gasteiger partial charge in [0, 0.05) is 27.8 Å². The zero-order chi connectivity index (χ0) is 21.0. The summed E-state index contributed by atoms with van der Waals surface area (Å²) in [5.74, 6) is 0.716. The summed E-state index contributed by atoms with van der Waals surface area (Å²) in [6.07, 6.45) is 2.76. The molecule has 0 radical (unpaired) electrons. The molecule has 0 spiro atoms. The molecular weight excluding hydrogens is 419 g/mol. The Morgan fingerprint density at radius 1 is 1.14 bits per heavy atom. The number of furan rings is 1. The summed E-state index contributed by atoms with van der Waals surface area (Å²) >= 11 is 12.0. The number of hydrogen-bond acceptors (Lipinski definition) is 5. The summed E-state index contributed by atoms with van der Waals surface area (Å²) in [6.45, 7) is 0. The second-order valence-electron chi connectivity index (χ2n) is 5.82. The topological polar surface area (TPSA) is 94.6 Å². The van der Waals surface area contributed by atoms with Crippen LogP contribution in [0.15, 0.2) is 59.0 Å². The summed E-state index contributed by atoms with van der Waals surface area (Å²) in [5, 5.41) is 14.4. The van der Waals surface area contributed by atoms with Crippen molar-refractivity contribution in [2.24, 2.45) is 0 Å². The van der Waals surface area contributed by atoms with Gasteiger partial charge >= 0.3 is 0 Å². The van der Waals surface area contributed by atoms with Crippen molar-refractivity contribution < 1.29 is 18.9 Å². The lowest BCUT2D eigenvalue weighted by molar-refractivity contribution is -0.384. The molecule has 1 aromatic heterocycles. The fraction of sp³-hybridized carbons (Fsp3) is 0.0500. The number of benzene rings is 2. The number of nitrogens with one attached hydrogen (secondary N) is 1. The first-order chi connectivity index (χ1) is 13.9. The maximum atomic E-state index is 12.2. The molecule has 29 heavy (non-hydrogen) atoms. The minimum atomic E-state index is -0.546. The van der Waals surface area contributed by atoms with Crippen molar-refractivity contribution in [2.75, 3.05) is 12.4 Å². The first-order valence-electron chi connectivity index (χ1n) is 8.23. The van der Waals surface area contributed by atoms with Gasteiger partial charge in [-0.05, 0) is 42.5 Å². The Morgan fingerprint density at radius 2 is 1.86 bits per heavy atom. The Labute approximate surface area is 175 Å². The smallest absolute Gasteiger partial charge is 0.273 e. The number of amides is 1. The number of non-ortho nitro benzene ring substituents is 1. The molecule has 0 aliphatic heterocycles. The third-order valence-corrected chi connectivity index (χ3v) is 4.26. The fourth-order valence-corrected chi connectivity index (χ4v) is 3.05. The highest BCUT2D eigenvalue weighted by molar-refractivity contribution is 6.35. The second kappa shape index (κ2) is 8.81. The molecule has 1 amide bonds. The number of halogens is 2. The normalized spacial score (nSPS) is 10.9. The van der Waals surface area contributed by atoms with Crippen LogP contribution in [0.3, 0.4) is 0 Å². The van der Waals surface area contributed by atoms with Crippen molar-refractivity contribution in [1.82, 2.24) is 0 Å². The highest BCUT2D eigenvalue weighted by Gasteiger charge is 2.12. The zero-order valence-corrected chi connectivity index (χ0v) is 16.5. The maximum absolute atomic E-state index is 12.2. The average Bonchev–Trinajstić information content (AvgIpc) is 3.15. The van der Waals surface area contributed by atoms with E-state index in [1.54, 1.807) is 30.3 Å². The van der Waals surface area contributed by atoms with Gasteiger partial charge in [-0.2, -0.15) is 0 Å². The maximum Gasteiger partial charge on any atom is 0.273 e. The van der Waals surface area contributed by atoms with E-state index < -0.39 is 10.8 Å². The van der Waals surface area contributed by atoms with Gasteiger partial charge in [-0.1, -0.05) is 23.2 Å². The van der Waals surface area contributed by atoms with Crippen molar-refractivity contribution in [1.29, 1.82) is 0 Å². The summed E-state index contributed by atoms with van der Waals surface area (Å²) in [6, 6.07) is 12.4. The van der Waals surface area contributed by atoms with Gasteiger partial charge in [0.05, 0.1) is 23.8 Å². The van der Waals surface area contributed by atoms with Crippen LogP contribution in [0.4, 0.5) is 11.4 Å². The molecule has 3 aromatic rings. The van der Waals surface area contributed by atoms with E-state index in [0.717, 1.165) is 0 Å². The number of rotatable bonds is 6. The van der Waals surface area contributed by atoms with E-state index in [-0.39, 0.29) is 11.4 Å². The van der Waals surface area contributed by atoms with Crippen LogP contribution in [0, 0.1) is 10.1 Å². The van der Waals surface area contributed by atoms with Gasteiger partial charge < -0.3 is 14.5 Å². The monoisotopic (exact) mass is 432 g/mol. The molecule has 0 saturated heterocycles. The van der Waals surface area contributed by atoms with Crippen LogP contribution in [-0.4, -0.2) is 17.9 Å². The number of anilines is 1. The lowest BCUT2D eigenvalue weighted by atomic mass is 10.2. The quantitative estimate of drug-likeness (QED) is 0.300. The SMILES string of the molecule is COc1cc([N+](=O)[O-])ccc1NC(=O)/C=C/c1ccc(-c2cc(Cl)cc(Cl)c2)o1. The number of carbonyl (C=O) groups is 1. The number of carbonyl (C=O) groups excluding carboxylic acids is 1. The molecule has 0 bridgehead atoms.